The molecule has 1 saturated carbocycles. The zero-order valence-corrected chi connectivity index (χ0v) is 18.9. The lowest BCUT2D eigenvalue weighted by Crippen LogP contribution is -2.43. The van der Waals surface area contributed by atoms with Crippen LogP contribution in [0.25, 0.3) is 11.0 Å². The van der Waals surface area contributed by atoms with Gasteiger partial charge in [0.25, 0.3) is 0 Å². The maximum absolute atomic E-state index is 12.6. The molecule has 6 heteroatoms. The van der Waals surface area contributed by atoms with E-state index in [4.69, 9.17) is 16.6 Å². The fourth-order valence-corrected chi connectivity index (χ4v) is 5.14. The number of carbonyl (C=O) groups is 1. The Morgan fingerprint density at radius 2 is 1.93 bits per heavy atom. The number of aryl methyl sites for hydroxylation is 1. The van der Waals surface area contributed by atoms with Crippen LogP contribution in [0.4, 0.5) is 5.95 Å². The number of benzene rings is 1. The monoisotopic (exact) mass is 430 g/mol. The number of hydrogen-bond acceptors (Lipinski definition) is 3. The van der Waals surface area contributed by atoms with Crippen molar-refractivity contribution in [1.82, 2.24) is 15.3 Å². The third-order valence-electron chi connectivity index (χ3n) is 6.80. The van der Waals surface area contributed by atoms with Crippen LogP contribution in [0, 0.1) is 5.92 Å². The molecule has 2 N–H and O–H groups in total. The van der Waals surface area contributed by atoms with Crippen molar-refractivity contribution in [2.24, 2.45) is 5.92 Å². The number of carbonyl (C=O) groups excluding carboxylic acids is 1. The van der Waals surface area contributed by atoms with Crippen LogP contribution in [0.15, 0.2) is 12.1 Å². The Morgan fingerprint density at radius 3 is 2.67 bits per heavy atom. The zero-order chi connectivity index (χ0) is 20.9. The van der Waals surface area contributed by atoms with Gasteiger partial charge in [-0.2, -0.15) is 0 Å². The van der Waals surface area contributed by atoms with Gasteiger partial charge < -0.3 is 15.2 Å². The lowest BCUT2D eigenvalue weighted by atomic mass is 9.95. The number of anilines is 1. The summed E-state index contributed by atoms with van der Waals surface area (Å²) in [4.78, 5) is 23.1. The van der Waals surface area contributed by atoms with Crippen LogP contribution in [0.5, 0.6) is 0 Å². The van der Waals surface area contributed by atoms with Gasteiger partial charge in [0.15, 0.2) is 0 Å². The molecule has 0 spiro atoms. The molecule has 4 rings (SSSR count). The number of imidazole rings is 1. The molecule has 2 aliphatic rings. The first-order valence-electron chi connectivity index (χ1n) is 11.9. The normalized spacial score (nSPS) is 18.4. The summed E-state index contributed by atoms with van der Waals surface area (Å²) in [5.74, 6) is 1.29. The first-order valence-corrected chi connectivity index (χ1v) is 12.3. The van der Waals surface area contributed by atoms with Crippen molar-refractivity contribution < 1.29 is 4.79 Å². The molecule has 0 atom stereocenters. The molecule has 164 valence electrons. The molecule has 30 heavy (non-hydrogen) atoms. The number of fused-ring (bicyclic) bond motifs is 1. The van der Waals surface area contributed by atoms with Gasteiger partial charge in [-0.25, -0.2) is 4.98 Å². The van der Waals surface area contributed by atoms with Gasteiger partial charge in [0.2, 0.25) is 11.9 Å². The summed E-state index contributed by atoms with van der Waals surface area (Å²) in [5, 5.41) is 4.08. The Labute approximate surface area is 185 Å². The van der Waals surface area contributed by atoms with Gasteiger partial charge in [0.1, 0.15) is 0 Å². The number of aromatic amines is 1. The molecule has 2 fully saturated rings. The number of nitrogens with one attached hydrogen (secondary N) is 2. The number of unbranched alkanes of at least 4 members (excludes halogenated alkanes) is 3. The van der Waals surface area contributed by atoms with E-state index in [0.717, 1.165) is 67.2 Å². The van der Waals surface area contributed by atoms with Crippen molar-refractivity contribution in [2.45, 2.75) is 83.6 Å². The maximum Gasteiger partial charge on any atom is 0.223 e. The molecule has 1 aromatic heterocycles. The number of nitrogens with zero attached hydrogens (tertiary/aromatic N) is 2. The van der Waals surface area contributed by atoms with E-state index in [0.29, 0.717) is 6.04 Å². The van der Waals surface area contributed by atoms with Crippen LogP contribution in [0.3, 0.4) is 0 Å². The highest BCUT2D eigenvalue weighted by Crippen LogP contribution is 2.28. The molecule has 1 aliphatic carbocycles. The highest BCUT2D eigenvalue weighted by atomic mass is 35.5. The molecular weight excluding hydrogens is 396 g/mol. The Hall–Kier alpha value is -1.75. The fraction of sp³-hybridized carbons (Fsp3) is 0.667. The van der Waals surface area contributed by atoms with E-state index in [1.807, 2.05) is 6.07 Å². The molecule has 2 heterocycles. The van der Waals surface area contributed by atoms with Gasteiger partial charge in [-0.05, 0) is 56.2 Å². The van der Waals surface area contributed by atoms with Crippen LogP contribution < -0.4 is 10.2 Å². The molecule has 1 saturated heterocycles. The third kappa shape index (κ3) is 5.11. The first kappa shape index (κ1) is 21.5. The molecule has 1 aliphatic heterocycles. The minimum atomic E-state index is 0.135. The van der Waals surface area contributed by atoms with Crippen molar-refractivity contribution in [3.8, 4) is 0 Å². The Bertz CT molecular complexity index is 850. The van der Waals surface area contributed by atoms with E-state index in [1.165, 1.54) is 44.1 Å². The van der Waals surface area contributed by atoms with E-state index in [1.54, 1.807) is 0 Å². The summed E-state index contributed by atoms with van der Waals surface area (Å²) in [6, 6.07) is 4.57. The number of halogens is 1. The van der Waals surface area contributed by atoms with E-state index in [2.05, 4.69) is 28.2 Å². The Balaban J connectivity index is 1.35. The smallest absolute Gasteiger partial charge is 0.223 e. The topological polar surface area (TPSA) is 61.0 Å². The average Bonchev–Trinajstić information content (AvgIpc) is 3.41. The molecule has 0 bridgehead atoms. The van der Waals surface area contributed by atoms with Gasteiger partial charge in [0.05, 0.1) is 11.0 Å². The van der Waals surface area contributed by atoms with E-state index >= 15 is 0 Å². The van der Waals surface area contributed by atoms with Gasteiger partial charge in [0, 0.05) is 30.1 Å². The number of aromatic nitrogens is 2. The summed E-state index contributed by atoms with van der Waals surface area (Å²) in [7, 11) is 0. The standard InChI is InChI=1S/C24H35ClN4O/c1-2-3-4-5-8-18-15-21-22(16-20(18)25)28-24(27-21)29-13-11-17(12-14-29)23(30)26-19-9-6-7-10-19/h15-17,19H,2-14H2,1H3,(H,26,30)(H,27,28). The highest BCUT2D eigenvalue weighted by molar-refractivity contribution is 6.32. The zero-order valence-electron chi connectivity index (χ0n) is 18.2. The third-order valence-corrected chi connectivity index (χ3v) is 7.16. The second kappa shape index (κ2) is 10.0. The molecule has 1 amide bonds. The summed E-state index contributed by atoms with van der Waals surface area (Å²) >= 11 is 6.52. The van der Waals surface area contributed by atoms with Gasteiger partial charge >= 0.3 is 0 Å². The average molecular weight is 431 g/mol. The lowest BCUT2D eigenvalue weighted by molar-refractivity contribution is -0.126. The van der Waals surface area contributed by atoms with Crippen molar-refractivity contribution in [1.29, 1.82) is 0 Å². The van der Waals surface area contributed by atoms with Crippen molar-refractivity contribution in [3.63, 3.8) is 0 Å². The van der Waals surface area contributed by atoms with E-state index < -0.39 is 0 Å². The Kier molecular flexibility index (Phi) is 7.19. The van der Waals surface area contributed by atoms with Crippen LogP contribution >= 0.6 is 11.6 Å². The van der Waals surface area contributed by atoms with Crippen LogP contribution in [-0.2, 0) is 11.2 Å². The fourth-order valence-electron chi connectivity index (χ4n) is 4.89. The molecule has 0 unspecified atom stereocenters. The quantitative estimate of drug-likeness (QED) is 0.534. The molecule has 1 aromatic carbocycles. The second-order valence-corrected chi connectivity index (χ2v) is 9.49. The summed E-state index contributed by atoms with van der Waals surface area (Å²) in [5.41, 5.74) is 3.19. The van der Waals surface area contributed by atoms with Crippen molar-refractivity contribution in [2.75, 3.05) is 18.0 Å². The van der Waals surface area contributed by atoms with Crippen LogP contribution in [-0.4, -0.2) is 35.0 Å². The van der Waals surface area contributed by atoms with Crippen molar-refractivity contribution in [3.05, 3.63) is 22.7 Å². The number of H-pyrrole nitrogens is 1. The van der Waals surface area contributed by atoms with Gasteiger partial charge in [-0.3, -0.25) is 4.79 Å². The van der Waals surface area contributed by atoms with Gasteiger partial charge in [-0.15, -0.1) is 0 Å². The molecule has 0 radical (unpaired) electrons. The van der Waals surface area contributed by atoms with E-state index in [-0.39, 0.29) is 11.8 Å². The maximum atomic E-state index is 12.6. The van der Waals surface area contributed by atoms with Crippen LogP contribution in [0.2, 0.25) is 5.02 Å². The summed E-state index contributed by atoms with van der Waals surface area (Å²) in [6.45, 7) is 3.95. The van der Waals surface area contributed by atoms with Gasteiger partial charge in [-0.1, -0.05) is 50.6 Å². The SMILES string of the molecule is CCCCCCc1cc2[nH]c(N3CCC(C(=O)NC4CCCC4)CC3)nc2cc1Cl. The predicted octanol–water partition coefficient (Wildman–Crippen LogP) is 5.61. The second-order valence-electron chi connectivity index (χ2n) is 9.08. The first-order chi connectivity index (χ1) is 14.6. The van der Waals surface area contributed by atoms with Crippen molar-refractivity contribution >= 4 is 34.5 Å². The van der Waals surface area contributed by atoms with Crippen LogP contribution in [0.1, 0.15) is 76.7 Å². The predicted molar refractivity (Wildman–Crippen MR) is 124 cm³/mol. The summed E-state index contributed by atoms with van der Waals surface area (Å²) < 4.78 is 0. The molecular formula is C24H35ClN4O. The minimum absolute atomic E-state index is 0.135. The number of amides is 1. The highest BCUT2D eigenvalue weighted by Gasteiger charge is 2.28. The molecule has 2 aromatic rings. The summed E-state index contributed by atoms with van der Waals surface area (Å²) in [6.07, 6.45) is 12.5. The Morgan fingerprint density at radius 1 is 1.17 bits per heavy atom. The molecule has 5 nitrogen and oxygen atoms in total. The number of hydrogen-bond donors (Lipinski definition) is 2. The van der Waals surface area contributed by atoms with E-state index in [9.17, 15) is 4.79 Å². The number of piperidine rings is 1. The lowest BCUT2D eigenvalue weighted by Gasteiger charge is -2.31. The number of rotatable bonds is 8. The minimum Gasteiger partial charge on any atom is -0.353 e. The largest absolute Gasteiger partial charge is 0.353 e.